The molecule has 0 fully saturated rings. The molecular weight excluding hydrogens is 545 g/mol. The van der Waals surface area contributed by atoms with E-state index in [0.717, 1.165) is 11.1 Å². The summed E-state index contributed by atoms with van der Waals surface area (Å²) in [5, 5.41) is 0. The fraction of sp³-hybridized carbons (Fsp3) is 0.280. The number of carbonyl (C=O) groups is 1. The summed E-state index contributed by atoms with van der Waals surface area (Å²) in [7, 11) is -2.39. The van der Waals surface area contributed by atoms with E-state index in [0.29, 0.717) is 5.75 Å². The van der Waals surface area contributed by atoms with Gasteiger partial charge in [-0.25, -0.2) is 9.78 Å². The molecule has 0 aliphatic carbocycles. The van der Waals surface area contributed by atoms with Crippen molar-refractivity contribution in [1.82, 2.24) is 19.5 Å². The third kappa shape index (κ3) is 7.90. The van der Waals surface area contributed by atoms with E-state index < -0.39 is 32.5 Å². The van der Waals surface area contributed by atoms with Crippen LogP contribution in [0.25, 0.3) is 11.2 Å². The highest BCUT2D eigenvalue weighted by molar-refractivity contribution is 7.53. The van der Waals surface area contributed by atoms with Crippen LogP contribution in [0.1, 0.15) is 11.1 Å². The van der Waals surface area contributed by atoms with E-state index in [9.17, 15) is 14.2 Å². The first-order chi connectivity index (χ1) is 19.2. The molecule has 0 spiro atoms. The van der Waals surface area contributed by atoms with Gasteiger partial charge in [0.2, 0.25) is 12.7 Å². The van der Waals surface area contributed by atoms with Gasteiger partial charge in [0, 0.05) is 6.54 Å². The van der Waals surface area contributed by atoms with Gasteiger partial charge in [0.25, 0.3) is 5.56 Å². The van der Waals surface area contributed by atoms with E-state index in [1.54, 1.807) is 16.7 Å². The lowest BCUT2D eigenvalue weighted by Crippen LogP contribution is -2.15. The van der Waals surface area contributed by atoms with Gasteiger partial charge in [-0.3, -0.25) is 18.9 Å². The number of H-pyrrole nitrogens is 1. The molecule has 1 atom stereocenters. The predicted octanol–water partition coefficient (Wildman–Crippen LogP) is 3.59. The number of imidazole rings is 1. The van der Waals surface area contributed by atoms with E-state index in [1.165, 1.54) is 25.6 Å². The SMILES string of the molecule is COc1ccc(OC(=O)OCOP(=O)(COCCn2cnc3c(=O)[nH]c(N)nc32)OCc2ccc(C)cc2)cc1. The lowest BCUT2D eigenvalue weighted by molar-refractivity contribution is 0.0154. The van der Waals surface area contributed by atoms with Crippen LogP contribution in [0.15, 0.2) is 59.7 Å². The van der Waals surface area contributed by atoms with Crippen LogP contribution < -0.4 is 20.8 Å². The Kier molecular flexibility index (Phi) is 9.51. The van der Waals surface area contributed by atoms with Gasteiger partial charge in [-0.05, 0) is 36.8 Å². The maximum Gasteiger partial charge on any atom is 0.515 e. The number of fused-ring (bicyclic) bond motifs is 1. The molecule has 0 amide bonds. The summed E-state index contributed by atoms with van der Waals surface area (Å²) < 4.78 is 46.5. The van der Waals surface area contributed by atoms with Crippen molar-refractivity contribution in [3.63, 3.8) is 0 Å². The average Bonchev–Trinajstić information content (AvgIpc) is 3.34. The number of hydrogen-bond acceptors (Lipinski definition) is 12. The van der Waals surface area contributed by atoms with E-state index in [4.69, 9.17) is 33.7 Å². The molecule has 0 saturated carbocycles. The molecule has 0 aliphatic rings. The topological polar surface area (TPSA) is 179 Å². The van der Waals surface area contributed by atoms with Crippen LogP contribution in [0.3, 0.4) is 0 Å². The second kappa shape index (κ2) is 13.2. The number of ether oxygens (including phenoxy) is 4. The van der Waals surface area contributed by atoms with Gasteiger partial charge in [0.05, 0.1) is 26.7 Å². The van der Waals surface area contributed by atoms with Crippen LogP contribution in [-0.4, -0.2) is 52.5 Å². The van der Waals surface area contributed by atoms with Gasteiger partial charge in [0.15, 0.2) is 11.2 Å². The Bertz CT molecular complexity index is 1540. The second-order valence-corrected chi connectivity index (χ2v) is 10.4. The first-order valence-corrected chi connectivity index (χ1v) is 13.7. The standard InChI is InChI=1S/C25H28N5O9P/c1-17-3-5-18(6-4-17)13-37-40(33,38-15-36-25(32)39-20-9-7-19(34-2)8-10-20)16-35-12-11-30-14-27-21-22(30)28-24(26)29-23(21)31/h3-10,14H,11-13,15-16H2,1-2H3,(H3,26,28,29,31). The number of nitrogens with one attached hydrogen (secondary N) is 1. The predicted molar refractivity (Wildman–Crippen MR) is 143 cm³/mol. The number of nitrogens with zero attached hydrogens (tertiary/aromatic N) is 3. The molecule has 0 radical (unpaired) electrons. The Morgan fingerprint density at radius 1 is 1.07 bits per heavy atom. The maximum atomic E-state index is 13.4. The zero-order chi connectivity index (χ0) is 28.5. The highest BCUT2D eigenvalue weighted by atomic mass is 31.2. The van der Waals surface area contributed by atoms with Crippen molar-refractivity contribution >= 4 is 30.9 Å². The van der Waals surface area contributed by atoms with Crippen LogP contribution in [0.2, 0.25) is 0 Å². The van der Waals surface area contributed by atoms with E-state index in [-0.39, 0.29) is 42.6 Å². The molecule has 4 rings (SSSR count). The van der Waals surface area contributed by atoms with Crippen LogP contribution in [0, 0.1) is 6.92 Å². The minimum atomic E-state index is -3.90. The van der Waals surface area contributed by atoms with E-state index in [2.05, 4.69) is 15.0 Å². The monoisotopic (exact) mass is 573 g/mol. The van der Waals surface area contributed by atoms with Crippen LogP contribution in [0.5, 0.6) is 11.5 Å². The number of methoxy groups -OCH3 is 1. The Labute approximate surface area is 228 Å². The zero-order valence-corrected chi connectivity index (χ0v) is 22.7. The Morgan fingerprint density at radius 2 is 1.80 bits per heavy atom. The summed E-state index contributed by atoms with van der Waals surface area (Å²) in [6.45, 7) is 1.46. The summed E-state index contributed by atoms with van der Waals surface area (Å²) in [4.78, 5) is 34.5. The fourth-order valence-electron chi connectivity index (χ4n) is 3.37. The number of aryl methyl sites for hydroxylation is 1. The van der Waals surface area contributed by atoms with Crippen molar-refractivity contribution < 1.29 is 37.4 Å². The van der Waals surface area contributed by atoms with Crippen molar-refractivity contribution in [3.05, 3.63) is 76.3 Å². The number of nitrogens with two attached hydrogens (primary N) is 1. The van der Waals surface area contributed by atoms with Gasteiger partial charge in [-0.1, -0.05) is 29.8 Å². The summed E-state index contributed by atoms with van der Waals surface area (Å²) in [5.74, 6) is 0.761. The number of nitrogen functional groups attached to an aromatic ring is 1. The minimum absolute atomic E-state index is 0.0324. The van der Waals surface area contributed by atoms with Crippen LogP contribution in [-0.2, 0) is 36.2 Å². The van der Waals surface area contributed by atoms with Gasteiger partial charge in [-0.2, -0.15) is 4.98 Å². The summed E-state index contributed by atoms with van der Waals surface area (Å²) in [6.07, 6.45) is -0.0922. The molecule has 14 nitrogen and oxygen atoms in total. The Balaban J connectivity index is 1.33. The number of aromatic nitrogens is 4. The lowest BCUT2D eigenvalue weighted by Gasteiger charge is -2.19. The van der Waals surface area contributed by atoms with Gasteiger partial charge in [-0.15, -0.1) is 0 Å². The minimum Gasteiger partial charge on any atom is -0.497 e. The molecule has 15 heteroatoms. The highest BCUT2D eigenvalue weighted by Gasteiger charge is 2.27. The molecule has 1 unspecified atom stereocenters. The number of anilines is 1. The van der Waals surface area contributed by atoms with Crippen molar-refractivity contribution in [2.75, 3.05) is 32.6 Å². The molecule has 0 aliphatic heterocycles. The van der Waals surface area contributed by atoms with Crippen molar-refractivity contribution in [3.8, 4) is 11.5 Å². The third-order valence-electron chi connectivity index (χ3n) is 5.45. The maximum absolute atomic E-state index is 13.4. The number of rotatable bonds is 13. The summed E-state index contributed by atoms with van der Waals surface area (Å²) >= 11 is 0. The van der Waals surface area contributed by atoms with Crippen molar-refractivity contribution in [2.45, 2.75) is 20.1 Å². The van der Waals surface area contributed by atoms with Crippen molar-refractivity contribution in [1.29, 1.82) is 0 Å². The molecule has 40 heavy (non-hydrogen) atoms. The van der Waals surface area contributed by atoms with Gasteiger partial charge < -0.3 is 33.8 Å². The number of carbonyl (C=O) groups excluding carboxylic acids is 1. The highest BCUT2D eigenvalue weighted by Crippen LogP contribution is 2.49. The lowest BCUT2D eigenvalue weighted by atomic mass is 10.2. The molecule has 3 N–H and O–H groups in total. The quantitative estimate of drug-likeness (QED) is 0.0781. The first kappa shape index (κ1) is 28.8. The van der Waals surface area contributed by atoms with E-state index in [1.807, 2.05) is 31.2 Å². The van der Waals surface area contributed by atoms with E-state index >= 15 is 0 Å². The van der Waals surface area contributed by atoms with Gasteiger partial charge >= 0.3 is 13.8 Å². The molecular formula is C25H28N5O9P. The molecule has 212 valence electrons. The normalized spacial score (nSPS) is 12.7. The Hall–Kier alpha value is -4.23. The third-order valence-corrected chi connectivity index (χ3v) is 6.97. The molecule has 4 aromatic rings. The molecule has 0 saturated heterocycles. The van der Waals surface area contributed by atoms with Crippen LogP contribution in [0.4, 0.5) is 10.7 Å². The molecule has 0 bridgehead atoms. The fourth-order valence-corrected chi connectivity index (χ4v) is 4.50. The van der Waals surface area contributed by atoms with Crippen LogP contribution >= 0.6 is 7.60 Å². The van der Waals surface area contributed by atoms with Gasteiger partial charge in [0.1, 0.15) is 17.8 Å². The number of hydrogen-bond donors (Lipinski definition) is 2. The molecule has 2 heterocycles. The zero-order valence-electron chi connectivity index (χ0n) is 21.8. The number of benzene rings is 2. The number of aromatic amines is 1. The first-order valence-electron chi connectivity index (χ1n) is 12.0. The summed E-state index contributed by atoms with van der Waals surface area (Å²) in [6, 6.07) is 13.7. The molecule has 2 aromatic heterocycles. The molecule has 2 aromatic carbocycles. The second-order valence-electron chi connectivity index (χ2n) is 8.39. The smallest absolute Gasteiger partial charge is 0.497 e. The summed E-state index contributed by atoms with van der Waals surface area (Å²) in [5.41, 5.74) is 7.38. The largest absolute Gasteiger partial charge is 0.515 e. The van der Waals surface area contributed by atoms with Crippen molar-refractivity contribution in [2.24, 2.45) is 0 Å². The average molecular weight is 573 g/mol. The Morgan fingerprint density at radius 3 is 2.52 bits per heavy atom.